The van der Waals surface area contributed by atoms with Crippen LogP contribution in [0.15, 0.2) is 50.4 Å². The summed E-state index contributed by atoms with van der Waals surface area (Å²) < 4.78 is 7.26. The van der Waals surface area contributed by atoms with Crippen LogP contribution in [0.1, 0.15) is 29.0 Å². The van der Waals surface area contributed by atoms with Gasteiger partial charge in [-0.25, -0.2) is 0 Å². The molecule has 3 aromatic rings. The van der Waals surface area contributed by atoms with Crippen LogP contribution in [0.2, 0.25) is 0 Å². The third kappa shape index (κ3) is 3.54. The van der Waals surface area contributed by atoms with Crippen molar-refractivity contribution in [1.29, 1.82) is 0 Å². The first-order valence-electron chi connectivity index (χ1n) is 8.92. The Morgan fingerprint density at radius 2 is 2.04 bits per heavy atom. The minimum Gasteiger partial charge on any atom is -0.451 e. The molecule has 0 radical (unpaired) electrons. The maximum Gasteiger partial charge on any atom is 0.289 e. The number of thiophene rings is 1. The fourth-order valence-corrected chi connectivity index (χ4v) is 5.23. The van der Waals surface area contributed by atoms with Crippen molar-refractivity contribution >= 4 is 40.0 Å². The highest BCUT2D eigenvalue weighted by atomic mass is 32.2. The molecule has 0 saturated carbocycles. The molecular formula is C20H22N2O2S2. The number of carbonyl (C=O) groups is 1. The predicted octanol–water partition coefficient (Wildman–Crippen LogP) is 4.60. The van der Waals surface area contributed by atoms with Crippen molar-refractivity contribution in [1.82, 2.24) is 4.90 Å². The summed E-state index contributed by atoms with van der Waals surface area (Å²) in [5.74, 6) is 1.78. The van der Waals surface area contributed by atoms with Gasteiger partial charge >= 0.3 is 0 Å². The second-order valence-electron chi connectivity index (χ2n) is 6.60. The molecule has 0 bridgehead atoms. The summed E-state index contributed by atoms with van der Waals surface area (Å²) in [4.78, 5) is 15.1. The Morgan fingerprint density at radius 3 is 2.77 bits per heavy atom. The van der Waals surface area contributed by atoms with Crippen molar-refractivity contribution < 1.29 is 9.21 Å². The van der Waals surface area contributed by atoms with Crippen LogP contribution in [-0.2, 0) is 5.75 Å². The third-order valence-corrected chi connectivity index (χ3v) is 7.14. The van der Waals surface area contributed by atoms with Gasteiger partial charge in [0.1, 0.15) is 5.58 Å². The number of thioether (sulfide) groups is 1. The molecule has 1 saturated heterocycles. The van der Waals surface area contributed by atoms with Gasteiger partial charge in [-0.15, -0.1) is 23.1 Å². The van der Waals surface area contributed by atoms with Gasteiger partial charge in [-0.2, -0.15) is 0 Å². The van der Waals surface area contributed by atoms with Crippen molar-refractivity contribution in [3.05, 3.63) is 53.1 Å². The standard InChI is InChI=1S/C20H22N2O2S2/c21-12-14-7-9-22(10-8-14)20(23)19-16(13-26-18-6-3-11-25-18)15-4-1-2-5-17(15)24-19/h1-6,11,14H,7-10,12-13,21H2. The normalized spacial score (nSPS) is 15.7. The SMILES string of the molecule is NCC1CCN(C(=O)c2oc3ccccc3c2CSc2cccs2)CC1. The molecule has 4 rings (SSSR count). The van der Waals surface area contributed by atoms with Gasteiger partial charge in [0.05, 0.1) is 4.21 Å². The molecule has 0 spiro atoms. The highest BCUT2D eigenvalue weighted by Crippen LogP contribution is 2.34. The summed E-state index contributed by atoms with van der Waals surface area (Å²) in [6.07, 6.45) is 1.95. The number of nitrogens with zero attached hydrogens (tertiary/aromatic N) is 1. The van der Waals surface area contributed by atoms with Crippen LogP contribution in [-0.4, -0.2) is 30.4 Å². The molecule has 1 aliphatic rings. The maximum absolute atomic E-state index is 13.1. The highest BCUT2D eigenvalue weighted by Gasteiger charge is 2.28. The number of amides is 1. The quantitative estimate of drug-likeness (QED) is 0.651. The molecule has 2 N–H and O–H groups in total. The first kappa shape index (κ1) is 17.6. The van der Waals surface area contributed by atoms with Crippen LogP contribution < -0.4 is 5.73 Å². The number of rotatable bonds is 5. The third-order valence-electron chi connectivity index (χ3n) is 4.98. The monoisotopic (exact) mass is 386 g/mol. The first-order chi connectivity index (χ1) is 12.8. The lowest BCUT2D eigenvalue weighted by Crippen LogP contribution is -2.40. The summed E-state index contributed by atoms with van der Waals surface area (Å²) in [5, 5.41) is 3.11. The summed E-state index contributed by atoms with van der Waals surface area (Å²) in [5.41, 5.74) is 7.56. The van der Waals surface area contributed by atoms with E-state index in [1.165, 1.54) is 4.21 Å². The smallest absolute Gasteiger partial charge is 0.289 e. The first-order valence-corrected chi connectivity index (χ1v) is 10.8. The minimum absolute atomic E-state index is 0.0125. The van der Waals surface area contributed by atoms with E-state index in [0.29, 0.717) is 18.2 Å². The molecule has 3 heterocycles. The van der Waals surface area contributed by atoms with Crippen molar-refractivity contribution in [2.24, 2.45) is 11.7 Å². The lowest BCUT2D eigenvalue weighted by molar-refractivity contribution is 0.0662. The second kappa shape index (κ2) is 7.86. The Hall–Kier alpha value is -1.76. The van der Waals surface area contributed by atoms with Gasteiger partial charge in [0.25, 0.3) is 5.91 Å². The molecule has 1 fully saturated rings. The number of fused-ring (bicyclic) bond motifs is 1. The van der Waals surface area contributed by atoms with Crippen molar-refractivity contribution in [3.8, 4) is 0 Å². The number of likely N-dealkylation sites (tertiary alicyclic amines) is 1. The van der Waals surface area contributed by atoms with E-state index >= 15 is 0 Å². The lowest BCUT2D eigenvalue weighted by Gasteiger charge is -2.31. The highest BCUT2D eigenvalue weighted by molar-refractivity contribution is 8.00. The molecule has 2 aromatic heterocycles. The minimum atomic E-state index is 0.0125. The zero-order chi connectivity index (χ0) is 17.9. The number of furan rings is 1. The fraction of sp³-hybridized carbons (Fsp3) is 0.350. The molecule has 1 aliphatic heterocycles. The number of benzene rings is 1. The van der Waals surface area contributed by atoms with Gasteiger partial charge in [-0.3, -0.25) is 4.79 Å². The molecule has 4 nitrogen and oxygen atoms in total. The number of para-hydroxylation sites is 1. The van der Waals surface area contributed by atoms with Crippen LogP contribution in [0.25, 0.3) is 11.0 Å². The van der Waals surface area contributed by atoms with E-state index in [-0.39, 0.29) is 5.91 Å². The van der Waals surface area contributed by atoms with E-state index in [2.05, 4.69) is 11.4 Å². The van der Waals surface area contributed by atoms with Crippen molar-refractivity contribution in [2.75, 3.05) is 19.6 Å². The molecule has 1 amide bonds. The zero-order valence-electron chi connectivity index (χ0n) is 14.5. The molecule has 136 valence electrons. The number of piperidine rings is 1. The number of hydrogen-bond acceptors (Lipinski definition) is 5. The Balaban J connectivity index is 1.61. The molecule has 0 atom stereocenters. The van der Waals surface area contributed by atoms with Gasteiger partial charge in [0, 0.05) is 29.8 Å². The van der Waals surface area contributed by atoms with Gasteiger partial charge in [0.15, 0.2) is 5.76 Å². The van der Waals surface area contributed by atoms with E-state index in [0.717, 1.165) is 48.2 Å². The summed E-state index contributed by atoms with van der Waals surface area (Å²) in [6, 6.07) is 12.1. The Labute approximate surface area is 161 Å². The van der Waals surface area contributed by atoms with E-state index in [9.17, 15) is 4.79 Å². The van der Waals surface area contributed by atoms with Gasteiger partial charge in [-0.05, 0) is 42.8 Å². The Morgan fingerprint density at radius 1 is 1.23 bits per heavy atom. The largest absolute Gasteiger partial charge is 0.451 e. The van der Waals surface area contributed by atoms with Gasteiger partial charge in [-0.1, -0.05) is 24.3 Å². The molecule has 6 heteroatoms. The molecular weight excluding hydrogens is 364 g/mol. The predicted molar refractivity (Wildman–Crippen MR) is 108 cm³/mol. The molecule has 1 aromatic carbocycles. The van der Waals surface area contributed by atoms with Gasteiger partial charge < -0.3 is 15.1 Å². The molecule has 0 unspecified atom stereocenters. The second-order valence-corrected chi connectivity index (χ2v) is 8.82. The van der Waals surface area contributed by atoms with E-state index in [1.807, 2.05) is 35.2 Å². The van der Waals surface area contributed by atoms with Crippen molar-refractivity contribution in [2.45, 2.75) is 22.8 Å². The van der Waals surface area contributed by atoms with Crippen molar-refractivity contribution in [3.63, 3.8) is 0 Å². The lowest BCUT2D eigenvalue weighted by atomic mass is 9.97. The van der Waals surface area contributed by atoms with Crippen LogP contribution >= 0.6 is 23.1 Å². The van der Waals surface area contributed by atoms with E-state index in [1.54, 1.807) is 23.1 Å². The van der Waals surface area contributed by atoms with Gasteiger partial charge in [0.2, 0.25) is 0 Å². The number of nitrogens with two attached hydrogens (primary N) is 1. The summed E-state index contributed by atoms with van der Waals surface area (Å²) in [7, 11) is 0. The number of carbonyl (C=O) groups excluding carboxylic acids is 1. The maximum atomic E-state index is 13.1. The van der Waals surface area contributed by atoms with E-state index < -0.39 is 0 Å². The molecule has 0 aliphatic carbocycles. The van der Waals surface area contributed by atoms with Crippen LogP contribution in [0.4, 0.5) is 0 Å². The van der Waals surface area contributed by atoms with Crippen LogP contribution in [0.5, 0.6) is 0 Å². The summed E-state index contributed by atoms with van der Waals surface area (Å²) in [6.45, 7) is 2.22. The van der Waals surface area contributed by atoms with E-state index in [4.69, 9.17) is 10.2 Å². The number of hydrogen-bond donors (Lipinski definition) is 1. The fourth-order valence-electron chi connectivity index (χ4n) is 3.42. The zero-order valence-corrected chi connectivity index (χ0v) is 16.2. The Bertz CT molecular complexity index is 880. The van der Waals surface area contributed by atoms with Crippen LogP contribution in [0.3, 0.4) is 0 Å². The topological polar surface area (TPSA) is 59.5 Å². The van der Waals surface area contributed by atoms with Crippen LogP contribution in [0, 0.1) is 5.92 Å². The molecule has 26 heavy (non-hydrogen) atoms. The average molecular weight is 387 g/mol. The average Bonchev–Trinajstić information content (AvgIpc) is 3.33. The Kier molecular flexibility index (Phi) is 5.33. The summed E-state index contributed by atoms with van der Waals surface area (Å²) >= 11 is 3.47.